The van der Waals surface area contributed by atoms with Gasteiger partial charge in [-0.15, -0.1) is 0 Å². The van der Waals surface area contributed by atoms with Crippen molar-refractivity contribution in [3.05, 3.63) is 29.8 Å². The monoisotopic (exact) mass is 263 g/mol. The molecule has 1 atom stereocenters. The number of likely N-dealkylation sites (tertiary alicyclic amines) is 1. The van der Waals surface area contributed by atoms with E-state index >= 15 is 0 Å². The fourth-order valence-corrected chi connectivity index (χ4v) is 2.59. The summed E-state index contributed by atoms with van der Waals surface area (Å²) in [6.45, 7) is 7.63. The summed E-state index contributed by atoms with van der Waals surface area (Å²) in [5.41, 5.74) is 1.20. The van der Waals surface area contributed by atoms with Crippen molar-refractivity contribution in [3.63, 3.8) is 0 Å². The minimum atomic E-state index is -0.404. The fraction of sp³-hybridized carbons (Fsp3) is 0.625. The van der Waals surface area contributed by atoms with Gasteiger partial charge in [0.2, 0.25) is 0 Å². The lowest BCUT2D eigenvalue weighted by Gasteiger charge is -2.20. The fourth-order valence-electron chi connectivity index (χ4n) is 2.59. The van der Waals surface area contributed by atoms with E-state index in [1.807, 2.05) is 18.2 Å². The van der Waals surface area contributed by atoms with Gasteiger partial charge in [-0.25, -0.2) is 0 Å². The number of nitrogens with zero attached hydrogens (tertiary/aromatic N) is 1. The highest BCUT2D eigenvalue weighted by Crippen LogP contribution is 2.25. The Hall–Kier alpha value is -1.06. The summed E-state index contributed by atoms with van der Waals surface area (Å²) in [4.78, 5) is 2.31. The first-order valence-corrected chi connectivity index (χ1v) is 7.29. The molecule has 0 bridgehead atoms. The Kier molecular flexibility index (Phi) is 5.23. The number of aliphatic hydroxyl groups is 1. The highest BCUT2D eigenvalue weighted by atomic mass is 16.5. The third-order valence-electron chi connectivity index (χ3n) is 3.64. The van der Waals surface area contributed by atoms with Crippen molar-refractivity contribution in [2.24, 2.45) is 0 Å². The highest BCUT2D eigenvalue weighted by molar-refractivity contribution is 5.35. The summed E-state index contributed by atoms with van der Waals surface area (Å²) >= 11 is 0. The van der Waals surface area contributed by atoms with Crippen molar-refractivity contribution >= 4 is 0 Å². The average Bonchev–Trinajstić information content (AvgIpc) is 2.89. The van der Waals surface area contributed by atoms with Crippen LogP contribution in [0.25, 0.3) is 0 Å². The SMILES string of the molecule is CC(C)c1ccccc1OCC(O)CN1CCCC1. The molecule has 1 aliphatic heterocycles. The topological polar surface area (TPSA) is 32.7 Å². The van der Waals surface area contributed by atoms with Crippen molar-refractivity contribution in [1.29, 1.82) is 0 Å². The molecule has 106 valence electrons. The number of ether oxygens (including phenoxy) is 1. The molecule has 0 saturated carbocycles. The van der Waals surface area contributed by atoms with Crippen LogP contribution in [-0.2, 0) is 0 Å². The van der Waals surface area contributed by atoms with Crippen LogP contribution < -0.4 is 4.74 Å². The first-order chi connectivity index (χ1) is 9.16. The van der Waals surface area contributed by atoms with Crippen LogP contribution in [0.3, 0.4) is 0 Å². The Morgan fingerprint density at radius 2 is 1.89 bits per heavy atom. The van der Waals surface area contributed by atoms with E-state index in [-0.39, 0.29) is 0 Å². The van der Waals surface area contributed by atoms with Crippen molar-refractivity contribution in [2.75, 3.05) is 26.2 Å². The molecule has 0 aliphatic carbocycles. The van der Waals surface area contributed by atoms with Gasteiger partial charge in [-0.1, -0.05) is 32.0 Å². The first kappa shape index (κ1) is 14.4. The molecule has 19 heavy (non-hydrogen) atoms. The van der Waals surface area contributed by atoms with E-state index < -0.39 is 6.10 Å². The van der Waals surface area contributed by atoms with Crippen molar-refractivity contribution in [1.82, 2.24) is 4.90 Å². The molecule has 1 saturated heterocycles. The third kappa shape index (κ3) is 4.22. The summed E-state index contributed by atoms with van der Waals surface area (Å²) in [6, 6.07) is 8.08. The zero-order chi connectivity index (χ0) is 13.7. The molecule has 1 aromatic carbocycles. The van der Waals surface area contributed by atoms with Gasteiger partial charge in [0.1, 0.15) is 18.5 Å². The minimum Gasteiger partial charge on any atom is -0.491 e. The smallest absolute Gasteiger partial charge is 0.122 e. The Bertz CT molecular complexity index is 386. The molecule has 1 fully saturated rings. The van der Waals surface area contributed by atoms with Crippen LogP contribution >= 0.6 is 0 Å². The van der Waals surface area contributed by atoms with Crippen LogP contribution in [-0.4, -0.2) is 42.4 Å². The highest BCUT2D eigenvalue weighted by Gasteiger charge is 2.16. The van der Waals surface area contributed by atoms with Crippen LogP contribution in [0.4, 0.5) is 0 Å². The lowest BCUT2D eigenvalue weighted by molar-refractivity contribution is 0.0753. The van der Waals surface area contributed by atoms with E-state index in [0.29, 0.717) is 12.5 Å². The summed E-state index contributed by atoms with van der Waals surface area (Å²) < 4.78 is 5.79. The van der Waals surface area contributed by atoms with Crippen molar-refractivity contribution < 1.29 is 9.84 Å². The second kappa shape index (κ2) is 6.92. The summed E-state index contributed by atoms with van der Waals surface area (Å²) in [7, 11) is 0. The first-order valence-electron chi connectivity index (χ1n) is 7.29. The molecule has 0 spiro atoms. The normalized spacial score (nSPS) is 17.9. The Labute approximate surface area is 116 Å². The van der Waals surface area contributed by atoms with Crippen LogP contribution in [0.15, 0.2) is 24.3 Å². The number of para-hydroxylation sites is 1. The van der Waals surface area contributed by atoms with Gasteiger partial charge in [-0.2, -0.15) is 0 Å². The molecular weight excluding hydrogens is 238 g/mol. The van der Waals surface area contributed by atoms with E-state index in [0.717, 1.165) is 25.4 Å². The van der Waals surface area contributed by atoms with E-state index in [9.17, 15) is 5.11 Å². The lowest BCUT2D eigenvalue weighted by atomic mass is 10.0. The van der Waals surface area contributed by atoms with Gasteiger partial charge in [-0.3, -0.25) is 0 Å². The number of benzene rings is 1. The van der Waals surface area contributed by atoms with Crippen molar-refractivity contribution in [3.8, 4) is 5.75 Å². The van der Waals surface area contributed by atoms with Crippen LogP contribution in [0.2, 0.25) is 0 Å². The number of hydrogen-bond donors (Lipinski definition) is 1. The molecule has 1 N–H and O–H groups in total. The van der Waals surface area contributed by atoms with Crippen LogP contribution in [0.1, 0.15) is 38.2 Å². The zero-order valence-electron chi connectivity index (χ0n) is 12.0. The number of β-amino-alcohol motifs (C(OH)–C–C–N with tert-alkyl or cyclic N) is 1. The minimum absolute atomic E-state index is 0.375. The number of aliphatic hydroxyl groups excluding tert-OH is 1. The maximum Gasteiger partial charge on any atom is 0.122 e. The number of hydrogen-bond acceptors (Lipinski definition) is 3. The molecule has 3 nitrogen and oxygen atoms in total. The maximum absolute atomic E-state index is 10.0. The largest absolute Gasteiger partial charge is 0.491 e. The molecule has 1 aliphatic rings. The van der Waals surface area contributed by atoms with Gasteiger partial charge >= 0.3 is 0 Å². The van der Waals surface area contributed by atoms with Gasteiger partial charge in [0.15, 0.2) is 0 Å². The zero-order valence-corrected chi connectivity index (χ0v) is 12.0. The van der Waals surface area contributed by atoms with Crippen molar-refractivity contribution in [2.45, 2.75) is 38.7 Å². The van der Waals surface area contributed by atoms with Crippen LogP contribution in [0, 0.1) is 0 Å². The van der Waals surface area contributed by atoms with Gasteiger partial charge in [-0.05, 0) is 43.5 Å². The van der Waals surface area contributed by atoms with E-state index in [1.165, 1.54) is 18.4 Å². The second-order valence-corrected chi connectivity index (χ2v) is 5.67. The Morgan fingerprint density at radius 3 is 2.58 bits per heavy atom. The molecule has 0 radical (unpaired) electrons. The molecule has 1 heterocycles. The van der Waals surface area contributed by atoms with E-state index in [2.05, 4.69) is 24.8 Å². The quantitative estimate of drug-likeness (QED) is 0.856. The molecule has 1 unspecified atom stereocenters. The van der Waals surface area contributed by atoms with Gasteiger partial charge in [0.25, 0.3) is 0 Å². The third-order valence-corrected chi connectivity index (χ3v) is 3.64. The summed E-state index contributed by atoms with van der Waals surface area (Å²) in [6.07, 6.45) is 2.10. The van der Waals surface area contributed by atoms with E-state index in [1.54, 1.807) is 0 Å². The second-order valence-electron chi connectivity index (χ2n) is 5.67. The van der Waals surface area contributed by atoms with Gasteiger partial charge in [0, 0.05) is 6.54 Å². The molecule has 3 heteroatoms. The molecular formula is C16H25NO2. The summed E-state index contributed by atoms with van der Waals surface area (Å²) in [5.74, 6) is 1.34. The molecule has 2 rings (SSSR count). The molecule has 0 aromatic heterocycles. The standard InChI is InChI=1S/C16H25NO2/c1-13(2)15-7-3-4-8-16(15)19-12-14(18)11-17-9-5-6-10-17/h3-4,7-8,13-14,18H,5-6,9-12H2,1-2H3. The van der Waals surface area contributed by atoms with E-state index in [4.69, 9.17) is 4.74 Å². The summed E-state index contributed by atoms with van der Waals surface area (Å²) in [5, 5.41) is 10.0. The number of rotatable bonds is 6. The van der Waals surface area contributed by atoms with Gasteiger partial charge in [0.05, 0.1) is 0 Å². The average molecular weight is 263 g/mol. The predicted molar refractivity (Wildman–Crippen MR) is 77.7 cm³/mol. The molecule has 0 amide bonds. The Morgan fingerprint density at radius 1 is 1.21 bits per heavy atom. The molecule has 1 aromatic rings. The van der Waals surface area contributed by atoms with Crippen LogP contribution in [0.5, 0.6) is 5.75 Å². The lowest BCUT2D eigenvalue weighted by Crippen LogP contribution is -2.33. The predicted octanol–water partition coefficient (Wildman–Crippen LogP) is 2.65. The van der Waals surface area contributed by atoms with Gasteiger partial charge < -0.3 is 14.7 Å². The maximum atomic E-state index is 10.0. The Balaban J connectivity index is 1.84.